The Kier molecular flexibility index (Phi) is 5.80. The summed E-state index contributed by atoms with van der Waals surface area (Å²) >= 11 is 6.76. The Morgan fingerprint density at radius 2 is 1.64 bits per heavy atom. The monoisotopic (exact) mass is 424 g/mol. The fourth-order valence-electron chi connectivity index (χ4n) is 1.89. The first-order valence-electron chi connectivity index (χ1n) is 6.44. The molecule has 0 aromatic heterocycles. The van der Waals surface area contributed by atoms with Gasteiger partial charge in [0, 0.05) is 10.5 Å². The van der Waals surface area contributed by atoms with E-state index in [2.05, 4.69) is 31.9 Å². The maximum absolute atomic E-state index is 12.4. The lowest BCUT2D eigenvalue weighted by Gasteiger charge is -2.10. The maximum Gasteiger partial charge on any atom is 0.189 e. The topological polar surface area (TPSA) is 35.5 Å². The van der Waals surface area contributed by atoms with E-state index in [9.17, 15) is 4.79 Å². The van der Waals surface area contributed by atoms with Crippen molar-refractivity contribution in [2.75, 3.05) is 14.2 Å². The molecular weight excluding hydrogens is 412 g/mol. The number of carbonyl (C=O) groups is 1. The van der Waals surface area contributed by atoms with Gasteiger partial charge >= 0.3 is 0 Å². The third-order valence-corrected chi connectivity index (χ3v) is 4.18. The Morgan fingerprint density at radius 1 is 1.00 bits per heavy atom. The number of ether oxygens (including phenoxy) is 2. The summed E-state index contributed by atoms with van der Waals surface area (Å²) in [4.78, 5) is 12.4. The van der Waals surface area contributed by atoms with E-state index < -0.39 is 0 Å². The van der Waals surface area contributed by atoms with Crippen LogP contribution in [0.4, 0.5) is 0 Å². The number of rotatable bonds is 5. The molecule has 3 nitrogen and oxygen atoms in total. The van der Waals surface area contributed by atoms with Gasteiger partial charge in [0.05, 0.1) is 24.3 Å². The first-order chi connectivity index (χ1) is 10.5. The van der Waals surface area contributed by atoms with Crippen LogP contribution in [0.3, 0.4) is 0 Å². The number of benzene rings is 2. The third-order valence-electron chi connectivity index (χ3n) is 3.04. The van der Waals surface area contributed by atoms with Gasteiger partial charge in [-0.15, -0.1) is 0 Å². The van der Waals surface area contributed by atoms with E-state index in [1.165, 1.54) is 13.2 Å². The van der Waals surface area contributed by atoms with Gasteiger partial charge in [-0.1, -0.05) is 34.1 Å². The normalized spacial score (nSPS) is 10.7. The lowest BCUT2D eigenvalue weighted by atomic mass is 10.1. The molecule has 0 aliphatic carbocycles. The molecule has 22 heavy (non-hydrogen) atoms. The van der Waals surface area contributed by atoms with Crippen molar-refractivity contribution in [1.82, 2.24) is 0 Å². The Hall–Kier alpha value is -1.59. The second kappa shape index (κ2) is 7.61. The number of hydrogen-bond acceptors (Lipinski definition) is 3. The molecule has 0 amide bonds. The Morgan fingerprint density at radius 3 is 2.23 bits per heavy atom. The Balaban J connectivity index is 2.29. The zero-order chi connectivity index (χ0) is 16.1. The molecule has 2 aromatic rings. The van der Waals surface area contributed by atoms with Crippen LogP contribution >= 0.6 is 31.9 Å². The molecule has 2 aromatic carbocycles. The van der Waals surface area contributed by atoms with E-state index in [-0.39, 0.29) is 5.78 Å². The van der Waals surface area contributed by atoms with Crippen LogP contribution in [0.15, 0.2) is 51.4 Å². The molecule has 0 unspecified atom stereocenters. The van der Waals surface area contributed by atoms with Gasteiger partial charge in [0.15, 0.2) is 5.78 Å². The minimum absolute atomic E-state index is 0.136. The molecule has 2 rings (SSSR count). The van der Waals surface area contributed by atoms with Crippen molar-refractivity contribution in [1.29, 1.82) is 0 Å². The van der Waals surface area contributed by atoms with Gasteiger partial charge in [0.2, 0.25) is 0 Å². The Bertz CT molecular complexity index is 707. The van der Waals surface area contributed by atoms with Crippen molar-refractivity contribution >= 4 is 43.7 Å². The van der Waals surface area contributed by atoms with Gasteiger partial charge in [0.25, 0.3) is 0 Å². The molecule has 0 bridgehead atoms. The van der Waals surface area contributed by atoms with E-state index in [4.69, 9.17) is 9.47 Å². The van der Waals surface area contributed by atoms with E-state index in [0.717, 1.165) is 10.0 Å². The van der Waals surface area contributed by atoms with E-state index in [1.54, 1.807) is 25.3 Å². The number of ketones is 1. The van der Waals surface area contributed by atoms with Gasteiger partial charge < -0.3 is 9.47 Å². The maximum atomic E-state index is 12.4. The minimum atomic E-state index is -0.136. The minimum Gasteiger partial charge on any atom is -0.496 e. The predicted octanol–water partition coefficient (Wildman–Crippen LogP) is 5.12. The summed E-state index contributed by atoms with van der Waals surface area (Å²) < 4.78 is 12.2. The van der Waals surface area contributed by atoms with Crippen molar-refractivity contribution in [3.63, 3.8) is 0 Å². The SMILES string of the molecule is COc1cc(OC)c(C(=O)/C=C/c2ccc(Br)cc2)cc1Br. The molecule has 0 atom stereocenters. The molecule has 0 heterocycles. The highest BCUT2D eigenvalue weighted by atomic mass is 79.9. The first-order valence-corrected chi connectivity index (χ1v) is 8.03. The van der Waals surface area contributed by atoms with Gasteiger partial charge in [-0.05, 0) is 45.8 Å². The summed E-state index contributed by atoms with van der Waals surface area (Å²) in [6, 6.07) is 11.1. The number of halogens is 2. The molecule has 0 aliphatic rings. The third kappa shape index (κ3) is 3.99. The van der Waals surface area contributed by atoms with Crippen molar-refractivity contribution in [3.8, 4) is 11.5 Å². The standard InChI is InChI=1S/C17H14Br2O3/c1-21-16-10-17(22-2)14(19)9-13(16)15(20)8-5-11-3-6-12(18)7-4-11/h3-10H,1-2H3/b8-5+. The number of hydrogen-bond donors (Lipinski definition) is 0. The van der Waals surface area contributed by atoms with Gasteiger partial charge in [-0.2, -0.15) is 0 Å². The van der Waals surface area contributed by atoms with Crippen LogP contribution < -0.4 is 9.47 Å². The van der Waals surface area contributed by atoms with Crippen molar-refractivity contribution < 1.29 is 14.3 Å². The largest absolute Gasteiger partial charge is 0.496 e. The fourth-order valence-corrected chi connectivity index (χ4v) is 2.66. The second-order valence-electron chi connectivity index (χ2n) is 4.44. The van der Waals surface area contributed by atoms with Crippen molar-refractivity contribution in [2.45, 2.75) is 0 Å². The van der Waals surface area contributed by atoms with Crippen LogP contribution in [0.2, 0.25) is 0 Å². The van der Waals surface area contributed by atoms with Crippen LogP contribution in [0, 0.1) is 0 Å². The van der Waals surface area contributed by atoms with Crippen LogP contribution in [-0.4, -0.2) is 20.0 Å². The van der Waals surface area contributed by atoms with E-state index >= 15 is 0 Å². The zero-order valence-electron chi connectivity index (χ0n) is 12.1. The smallest absolute Gasteiger partial charge is 0.189 e. The molecule has 0 radical (unpaired) electrons. The van der Waals surface area contributed by atoms with E-state index in [1.807, 2.05) is 24.3 Å². The molecule has 0 saturated carbocycles. The lowest BCUT2D eigenvalue weighted by molar-refractivity contribution is 0.104. The average molecular weight is 426 g/mol. The molecule has 0 spiro atoms. The summed E-state index contributed by atoms with van der Waals surface area (Å²) in [5.74, 6) is 0.957. The van der Waals surface area contributed by atoms with Gasteiger partial charge in [-0.25, -0.2) is 0 Å². The second-order valence-corrected chi connectivity index (χ2v) is 6.21. The lowest BCUT2D eigenvalue weighted by Crippen LogP contribution is -2.00. The molecule has 0 aliphatic heterocycles. The summed E-state index contributed by atoms with van der Waals surface area (Å²) in [5.41, 5.74) is 1.42. The van der Waals surface area contributed by atoms with Crippen LogP contribution in [0.1, 0.15) is 15.9 Å². The highest BCUT2D eigenvalue weighted by Gasteiger charge is 2.14. The number of allylic oxidation sites excluding steroid dienone is 1. The Labute approximate surface area is 146 Å². The molecule has 0 fully saturated rings. The quantitative estimate of drug-likeness (QED) is 0.492. The average Bonchev–Trinajstić information content (AvgIpc) is 2.53. The summed E-state index contributed by atoms with van der Waals surface area (Å²) in [6.07, 6.45) is 3.30. The summed E-state index contributed by atoms with van der Waals surface area (Å²) in [5, 5.41) is 0. The fraction of sp³-hybridized carbons (Fsp3) is 0.118. The number of carbonyl (C=O) groups excluding carboxylic acids is 1. The van der Waals surface area contributed by atoms with Gasteiger partial charge in [0.1, 0.15) is 11.5 Å². The molecule has 0 saturated heterocycles. The molecule has 114 valence electrons. The van der Waals surface area contributed by atoms with Crippen LogP contribution in [0.25, 0.3) is 6.08 Å². The predicted molar refractivity (Wildman–Crippen MR) is 94.8 cm³/mol. The van der Waals surface area contributed by atoms with Crippen molar-refractivity contribution in [3.05, 3.63) is 62.5 Å². The highest BCUT2D eigenvalue weighted by Crippen LogP contribution is 2.33. The summed E-state index contributed by atoms with van der Waals surface area (Å²) in [7, 11) is 3.09. The van der Waals surface area contributed by atoms with Crippen LogP contribution in [-0.2, 0) is 0 Å². The highest BCUT2D eigenvalue weighted by molar-refractivity contribution is 9.10. The molecule has 5 heteroatoms. The van der Waals surface area contributed by atoms with Crippen molar-refractivity contribution in [2.24, 2.45) is 0 Å². The number of methoxy groups -OCH3 is 2. The molecular formula is C17H14Br2O3. The van der Waals surface area contributed by atoms with Crippen LogP contribution in [0.5, 0.6) is 11.5 Å². The zero-order valence-corrected chi connectivity index (χ0v) is 15.3. The first kappa shape index (κ1) is 16.8. The summed E-state index contributed by atoms with van der Waals surface area (Å²) in [6.45, 7) is 0. The van der Waals surface area contributed by atoms with E-state index in [0.29, 0.717) is 21.5 Å². The molecule has 0 N–H and O–H groups in total. The van der Waals surface area contributed by atoms with Gasteiger partial charge in [-0.3, -0.25) is 4.79 Å².